The molecule has 0 unspecified atom stereocenters. The van der Waals surface area contributed by atoms with Crippen LogP contribution in [0.25, 0.3) is 17.1 Å². The van der Waals surface area contributed by atoms with E-state index in [1.54, 1.807) is 31.3 Å². The molecule has 0 bridgehead atoms. The number of carbonyl (C=O) groups excluding carboxylic acids is 1. The number of nitrogens with zero attached hydrogens (tertiary/aromatic N) is 5. The largest absolute Gasteiger partial charge is 0.416 e. The fraction of sp³-hybridized carbons (Fsp3) is 0.238. The lowest BCUT2D eigenvalue weighted by atomic mass is 10.1. The minimum absolute atomic E-state index is 0.0262. The lowest BCUT2D eigenvalue weighted by Crippen LogP contribution is -2.29. The third kappa shape index (κ3) is 5.41. The van der Waals surface area contributed by atoms with Gasteiger partial charge in [-0.1, -0.05) is 41.6 Å². The van der Waals surface area contributed by atoms with E-state index in [4.69, 9.17) is 16.9 Å². The summed E-state index contributed by atoms with van der Waals surface area (Å²) in [6, 6.07) is 13.5. The first-order valence-corrected chi connectivity index (χ1v) is 10.7. The second-order valence-electron chi connectivity index (χ2n) is 6.68. The number of amides is 1. The third-order valence-corrected chi connectivity index (χ3v) is 5.73. The van der Waals surface area contributed by atoms with Gasteiger partial charge < -0.3 is 4.90 Å². The Labute approximate surface area is 191 Å². The summed E-state index contributed by atoms with van der Waals surface area (Å²) in [5.74, 6) is -0.0208. The molecule has 0 atom stereocenters. The van der Waals surface area contributed by atoms with Gasteiger partial charge in [0.1, 0.15) is 0 Å². The maximum Gasteiger partial charge on any atom is 0.416 e. The average molecular weight is 480 g/mol. The molecule has 0 radical (unpaired) electrons. The Hall–Kier alpha value is -3.03. The van der Waals surface area contributed by atoms with E-state index in [1.165, 1.54) is 21.6 Å². The molecule has 166 valence electrons. The molecule has 0 saturated carbocycles. The van der Waals surface area contributed by atoms with E-state index in [0.29, 0.717) is 10.6 Å². The van der Waals surface area contributed by atoms with E-state index in [-0.39, 0.29) is 41.3 Å². The van der Waals surface area contributed by atoms with Gasteiger partial charge in [0.15, 0.2) is 11.0 Å². The number of hydrogen-bond donors (Lipinski definition) is 0. The summed E-state index contributed by atoms with van der Waals surface area (Å²) in [5.41, 5.74) is -0.145. The Kier molecular flexibility index (Phi) is 7.43. The van der Waals surface area contributed by atoms with Gasteiger partial charge in [-0.05, 0) is 30.3 Å². The summed E-state index contributed by atoms with van der Waals surface area (Å²) < 4.78 is 41.4. The standard InChI is InChI=1S/C21H17ClF3N5OS/c1-29(11-5-10-26)18(31)13-32-20-28-27-19(16-8-2-3-9-17(16)22)30(20)15-7-4-6-14(12-15)21(23,24)25/h2-4,6-9,12H,5,11,13H2,1H3. The van der Waals surface area contributed by atoms with Gasteiger partial charge in [-0.2, -0.15) is 18.4 Å². The molecule has 0 aliphatic heterocycles. The summed E-state index contributed by atoms with van der Waals surface area (Å²) >= 11 is 7.33. The molecule has 0 aliphatic carbocycles. The van der Waals surface area contributed by atoms with Gasteiger partial charge in [-0.25, -0.2) is 0 Å². The Balaban J connectivity index is 2.02. The highest BCUT2D eigenvalue weighted by Crippen LogP contribution is 2.35. The summed E-state index contributed by atoms with van der Waals surface area (Å²) in [4.78, 5) is 13.8. The minimum Gasteiger partial charge on any atom is -0.344 e. The quantitative estimate of drug-likeness (QED) is 0.442. The second-order valence-corrected chi connectivity index (χ2v) is 8.03. The molecule has 0 N–H and O–H groups in total. The number of halogens is 4. The van der Waals surface area contributed by atoms with Gasteiger partial charge in [0.05, 0.1) is 34.5 Å². The maximum atomic E-state index is 13.3. The van der Waals surface area contributed by atoms with Crippen LogP contribution in [0, 0.1) is 11.3 Å². The Morgan fingerprint density at radius 2 is 1.97 bits per heavy atom. The third-order valence-electron chi connectivity index (χ3n) is 4.49. The van der Waals surface area contributed by atoms with Crippen LogP contribution in [0.1, 0.15) is 12.0 Å². The smallest absolute Gasteiger partial charge is 0.344 e. The molecule has 0 aliphatic rings. The molecule has 0 spiro atoms. The van der Waals surface area contributed by atoms with Crippen LogP contribution in [0.5, 0.6) is 0 Å². The first kappa shape index (κ1) is 23.6. The summed E-state index contributed by atoms with van der Waals surface area (Å²) in [6.07, 6.45) is -4.33. The van der Waals surface area contributed by atoms with Gasteiger partial charge in [0, 0.05) is 19.2 Å². The highest BCUT2D eigenvalue weighted by molar-refractivity contribution is 7.99. The van der Waals surface area contributed by atoms with Crippen molar-refractivity contribution in [1.82, 2.24) is 19.7 Å². The zero-order valence-electron chi connectivity index (χ0n) is 16.8. The molecule has 3 rings (SSSR count). The zero-order chi connectivity index (χ0) is 23.3. The van der Waals surface area contributed by atoms with Crippen LogP contribution >= 0.6 is 23.4 Å². The Morgan fingerprint density at radius 3 is 2.66 bits per heavy atom. The van der Waals surface area contributed by atoms with Crippen molar-refractivity contribution in [2.24, 2.45) is 0 Å². The highest BCUT2D eigenvalue weighted by atomic mass is 35.5. The van der Waals surface area contributed by atoms with Crippen molar-refractivity contribution in [2.45, 2.75) is 17.8 Å². The molecular weight excluding hydrogens is 463 g/mol. The van der Waals surface area contributed by atoms with E-state index in [9.17, 15) is 18.0 Å². The van der Waals surface area contributed by atoms with Crippen molar-refractivity contribution in [3.63, 3.8) is 0 Å². The summed E-state index contributed by atoms with van der Waals surface area (Å²) in [6.45, 7) is 0.279. The van der Waals surface area contributed by atoms with Crippen molar-refractivity contribution >= 4 is 29.3 Å². The van der Waals surface area contributed by atoms with Gasteiger partial charge in [0.25, 0.3) is 0 Å². The van der Waals surface area contributed by atoms with Crippen LogP contribution in [-0.4, -0.2) is 44.9 Å². The molecule has 0 fully saturated rings. The van der Waals surface area contributed by atoms with Crippen LogP contribution in [0.15, 0.2) is 53.7 Å². The van der Waals surface area contributed by atoms with E-state index < -0.39 is 11.7 Å². The zero-order valence-corrected chi connectivity index (χ0v) is 18.4. The lowest BCUT2D eigenvalue weighted by Gasteiger charge is -2.16. The van der Waals surface area contributed by atoms with Crippen molar-refractivity contribution < 1.29 is 18.0 Å². The monoisotopic (exact) mass is 479 g/mol. The van der Waals surface area contributed by atoms with Crippen LogP contribution in [0.2, 0.25) is 5.02 Å². The van der Waals surface area contributed by atoms with Crippen LogP contribution < -0.4 is 0 Å². The predicted octanol–water partition coefficient (Wildman–Crippen LogP) is 5.07. The number of aromatic nitrogens is 3. The molecular formula is C21H17ClF3N5OS. The van der Waals surface area contributed by atoms with Gasteiger partial charge >= 0.3 is 6.18 Å². The van der Waals surface area contributed by atoms with Crippen molar-refractivity contribution in [1.29, 1.82) is 5.26 Å². The normalized spacial score (nSPS) is 11.2. The van der Waals surface area contributed by atoms with Crippen molar-refractivity contribution in [2.75, 3.05) is 19.3 Å². The maximum absolute atomic E-state index is 13.3. The van der Waals surface area contributed by atoms with Crippen LogP contribution in [-0.2, 0) is 11.0 Å². The molecule has 6 nitrogen and oxygen atoms in total. The molecule has 1 aromatic heterocycles. The van der Waals surface area contributed by atoms with Crippen molar-refractivity contribution in [3.05, 3.63) is 59.1 Å². The first-order chi connectivity index (χ1) is 15.2. The summed E-state index contributed by atoms with van der Waals surface area (Å²) in [5, 5.41) is 17.5. The fourth-order valence-corrected chi connectivity index (χ4v) is 3.93. The van der Waals surface area contributed by atoms with E-state index in [0.717, 1.165) is 23.9 Å². The van der Waals surface area contributed by atoms with E-state index in [1.807, 2.05) is 6.07 Å². The SMILES string of the molecule is CN(CCC#N)C(=O)CSc1nnc(-c2ccccc2Cl)n1-c1cccc(C(F)(F)F)c1. The number of benzene rings is 2. The topological polar surface area (TPSA) is 74.8 Å². The van der Waals surface area contributed by atoms with Crippen molar-refractivity contribution in [3.8, 4) is 23.1 Å². The number of alkyl halides is 3. The predicted molar refractivity (Wildman–Crippen MR) is 115 cm³/mol. The lowest BCUT2D eigenvalue weighted by molar-refractivity contribution is -0.137. The first-order valence-electron chi connectivity index (χ1n) is 9.34. The molecule has 0 saturated heterocycles. The van der Waals surface area contributed by atoms with Gasteiger partial charge in [0.2, 0.25) is 5.91 Å². The van der Waals surface area contributed by atoms with Gasteiger partial charge in [-0.15, -0.1) is 10.2 Å². The molecule has 1 amide bonds. The molecule has 2 aromatic carbocycles. The number of thioether (sulfide) groups is 1. The number of nitriles is 1. The second kappa shape index (κ2) is 10.1. The number of hydrogen-bond acceptors (Lipinski definition) is 5. The number of rotatable bonds is 7. The Morgan fingerprint density at radius 1 is 1.22 bits per heavy atom. The average Bonchev–Trinajstić information content (AvgIpc) is 3.19. The van der Waals surface area contributed by atoms with Gasteiger partial charge in [-0.3, -0.25) is 9.36 Å². The van der Waals surface area contributed by atoms with Crippen LogP contribution in [0.4, 0.5) is 13.2 Å². The molecule has 11 heteroatoms. The molecule has 3 aromatic rings. The fourth-order valence-electron chi connectivity index (χ4n) is 2.81. The van der Waals surface area contributed by atoms with Crippen LogP contribution in [0.3, 0.4) is 0 Å². The Bertz CT molecular complexity index is 1160. The minimum atomic E-state index is -4.53. The molecule has 32 heavy (non-hydrogen) atoms. The summed E-state index contributed by atoms with van der Waals surface area (Å²) in [7, 11) is 1.58. The van der Waals surface area contributed by atoms with E-state index in [2.05, 4.69) is 10.2 Å². The molecule has 1 heterocycles. The highest BCUT2D eigenvalue weighted by Gasteiger charge is 2.31. The number of carbonyl (C=O) groups is 1. The van der Waals surface area contributed by atoms with E-state index >= 15 is 0 Å².